The van der Waals surface area contributed by atoms with Crippen molar-refractivity contribution in [1.82, 2.24) is 13.5 Å². The van der Waals surface area contributed by atoms with E-state index in [9.17, 15) is 13.7 Å². The topological polar surface area (TPSA) is 89.9 Å². The van der Waals surface area contributed by atoms with E-state index in [1.54, 1.807) is 25.3 Å². The van der Waals surface area contributed by atoms with Gasteiger partial charge in [-0.05, 0) is 61.7 Å². The summed E-state index contributed by atoms with van der Waals surface area (Å²) in [5.41, 5.74) is 5.44. The molecule has 1 aliphatic carbocycles. The molecule has 1 atom stereocenters. The molecule has 0 amide bonds. The van der Waals surface area contributed by atoms with Crippen LogP contribution in [0.2, 0.25) is 25.7 Å². The minimum Gasteiger partial charge on any atom is -0.361 e. The highest BCUT2D eigenvalue weighted by atomic mass is 32.2. The fourth-order valence-electron chi connectivity index (χ4n) is 5.53. The Bertz CT molecular complexity index is 1900. The molecule has 0 spiro atoms. The van der Waals surface area contributed by atoms with Crippen LogP contribution in [0.1, 0.15) is 42.8 Å². The average Bonchev–Trinajstić information content (AvgIpc) is 3.53. The Morgan fingerprint density at radius 1 is 1.21 bits per heavy atom. The Balaban J connectivity index is 1.58. The minimum absolute atomic E-state index is 0.325. The summed E-state index contributed by atoms with van der Waals surface area (Å²) in [7, 11) is -5.05. The van der Waals surface area contributed by atoms with E-state index in [4.69, 9.17) is 9.72 Å². The van der Waals surface area contributed by atoms with E-state index >= 15 is 0 Å². The Hall–Kier alpha value is -3.71. The number of rotatable bonds is 10. The van der Waals surface area contributed by atoms with Gasteiger partial charge in [0, 0.05) is 32.7 Å². The first-order valence-corrected chi connectivity index (χ1v) is 19.4. The maximum Gasteiger partial charge on any atom is 0.248 e. The van der Waals surface area contributed by atoms with Crippen LogP contribution in [0.3, 0.4) is 0 Å². The molecule has 0 fully saturated rings. The van der Waals surface area contributed by atoms with Crippen molar-refractivity contribution >= 4 is 46.1 Å². The molecule has 0 saturated carbocycles. The van der Waals surface area contributed by atoms with Gasteiger partial charge in [0.1, 0.15) is 17.3 Å². The molecule has 1 unspecified atom stereocenters. The second-order valence-electron chi connectivity index (χ2n) is 12.5. The van der Waals surface area contributed by atoms with Crippen molar-refractivity contribution < 1.29 is 13.2 Å². The standard InChI is InChI=1S/C33H38N4O3SSi/c1-7-26-11-12-27(28-14-16-37(32(26)28)41(38,39)33(3)15-8-9-24(2)21-33)20-31-35-29-13-10-25(22-34)19-30(29)36(31)23-40-17-18-42(4,5)6/h7-14,16,19,21H,1,15,17-18,20,23H2,2-6H3. The number of nitrogens with zero attached hydrogens (tertiary/aromatic N) is 4. The van der Waals surface area contributed by atoms with E-state index in [-0.39, 0.29) is 0 Å². The van der Waals surface area contributed by atoms with Gasteiger partial charge in [-0.2, -0.15) is 5.26 Å². The summed E-state index contributed by atoms with van der Waals surface area (Å²) in [4.78, 5) is 4.93. The normalized spacial score (nSPS) is 17.5. The molecule has 2 aromatic carbocycles. The number of nitriles is 1. The molecule has 9 heteroatoms. The zero-order valence-corrected chi connectivity index (χ0v) is 26.8. The Kier molecular flexibility index (Phi) is 7.92. The number of allylic oxidation sites excluding steroid dienone is 3. The maximum absolute atomic E-state index is 14.1. The number of fused-ring (bicyclic) bond motifs is 2. The Morgan fingerprint density at radius 3 is 2.69 bits per heavy atom. The van der Waals surface area contributed by atoms with Crippen LogP contribution in [-0.4, -0.2) is 41.4 Å². The summed E-state index contributed by atoms with van der Waals surface area (Å²) in [6.45, 7) is 15.6. The van der Waals surface area contributed by atoms with Gasteiger partial charge in [-0.1, -0.05) is 68.2 Å². The van der Waals surface area contributed by atoms with Crippen LogP contribution in [0.25, 0.3) is 28.0 Å². The lowest BCUT2D eigenvalue weighted by Gasteiger charge is -2.28. The van der Waals surface area contributed by atoms with E-state index in [1.165, 1.54) is 3.97 Å². The summed E-state index contributed by atoms with van der Waals surface area (Å²) in [5.74, 6) is 0.791. The van der Waals surface area contributed by atoms with Gasteiger partial charge >= 0.3 is 0 Å². The smallest absolute Gasteiger partial charge is 0.248 e. The second kappa shape index (κ2) is 11.2. The molecule has 2 heterocycles. The highest BCUT2D eigenvalue weighted by Gasteiger charge is 2.39. The largest absolute Gasteiger partial charge is 0.361 e. The van der Waals surface area contributed by atoms with Crippen molar-refractivity contribution in [1.29, 1.82) is 5.26 Å². The van der Waals surface area contributed by atoms with E-state index in [2.05, 4.69) is 32.3 Å². The third-order valence-corrected chi connectivity index (χ3v) is 12.0. The molecule has 0 aliphatic heterocycles. The average molecular weight is 599 g/mol. The van der Waals surface area contributed by atoms with Crippen LogP contribution in [0.4, 0.5) is 0 Å². The van der Waals surface area contributed by atoms with Crippen molar-refractivity contribution in [3.05, 3.63) is 95.5 Å². The SMILES string of the molecule is C=Cc1ccc(Cc2nc3ccc(C#N)cc3n2COCC[Si](C)(C)C)c2ccn(S(=O)(=O)C3(C)C=C(C)C=CC3)c12. The molecule has 0 saturated heterocycles. The van der Waals surface area contributed by atoms with Crippen LogP contribution in [0.15, 0.2) is 73.0 Å². The van der Waals surface area contributed by atoms with Crippen LogP contribution in [-0.2, 0) is 27.9 Å². The Labute approximate surface area is 249 Å². The predicted octanol–water partition coefficient (Wildman–Crippen LogP) is 7.25. The van der Waals surface area contributed by atoms with Gasteiger partial charge in [0.05, 0.1) is 28.2 Å². The Morgan fingerprint density at radius 2 is 2.00 bits per heavy atom. The van der Waals surface area contributed by atoms with E-state index in [0.29, 0.717) is 37.3 Å². The van der Waals surface area contributed by atoms with E-state index in [1.807, 2.05) is 60.1 Å². The lowest BCUT2D eigenvalue weighted by Crippen LogP contribution is -2.38. The fourth-order valence-corrected chi connectivity index (χ4v) is 8.05. The molecular formula is C33H38N4O3SSi. The molecule has 7 nitrogen and oxygen atoms in total. The van der Waals surface area contributed by atoms with Crippen molar-refractivity contribution in [3.63, 3.8) is 0 Å². The third-order valence-electron chi connectivity index (χ3n) is 7.96. The highest BCUT2D eigenvalue weighted by Crippen LogP contribution is 2.36. The predicted molar refractivity (Wildman–Crippen MR) is 174 cm³/mol. The number of aromatic nitrogens is 3. The quantitative estimate of drug-likeness (QED) is 0.142. The molecule has 0 N–H and O–H groups in total. The summed E-state index contributed by atoms with van der Waals surface area (Å²) in [6.07, 6.45) is 9.95. The first-order chi connectivity index (χ1) is 19.9. The first kappa shape index (κ1) is 29.8. The number of ether oxygens (including phenoxy) is 1. The lowest BCUT2D eigenvalue weighted by atomic mass is 9.98. The fraction of sp³-hybridized carbons (Fsp3) is 0.333. The molecule has 1 aliphatic rings. The van der Waals surface area contributed by atoms with Crippen molar-refractivity contribution in [2.24, 2.45) is 0 Å². The van der Waals surface area contributed by atoms with Crippen LogP contribution >= 0.6 is 0 Å². The van der Waals surface area contributed by atoms with E-state index in [0.717, 1.165) is 45.0 Å². The van der Waals surface area contributed by atoms with Crippen molar-refractivity contribution in [2.75, 3.05) is 6.61 Å². The molecule has 2 aromatic heterocycles. The molecular weight excluding hydrogens is 561 g/mol. The van der Waals surface area contributed by atoms with Crippen LogP contribution < -0.4 is 0 Å². The molecule has 218 valence electrons. The monoisotopic (exact) mass is 598 g/mol. The number of hydrogen-bond acceptors (Lipinski definition) is 5. The van der Waals surface area contributed by atoms with Crippen LogP contribution in [0, 0.1) is 11.3 Å². The zero-order chi connectivity index (χ0) is 30.3. The second-order valence-corrected chi connectivity index (χ2v) is 20.4. The van der Waals surface area contributed by atoms with Crippen molar-refractivity contribution in [3.8, 4) is 6.07 Å². The molecule has 5 rings (SSSR count). The van der Waals surface area contributed by atoms with Gasteiger partial charge in [-0.15, -0.1) is 0 Å². The third kappa shape index (κ3) is 5.54. The van der Waals surface area contributed by atoms with Gasteiger partial charge in [-0.25, -0.2) is 17.4 Å². The molecule has 42 heavy (non-hydrogen) atoms. The summed E-state index contributed by atoms with van der Waals surface area (Å²) >= 11 is 0. The van der Waals surface area contributed by atoms with Gasteiger partial charge in [0.2, 0.25) is 10.0 Å². The molecule has 4 aromatic rings. The maximum atomic E-state index is 14.1. The number of hydrogen-bond donors (Lipinski definition) is 0. The zero-order valence-electron chi connectivity index (χ0n) is 25.0. The van der Waals surface area contributed by atoms with Gasteiger partial charge in [0.15, 0.2) is 0 Å². The van der Waals surface area contributed by atoms with Crippen LogP contribution in [0.5, 0.6) is 0 Å². The molecule has 0 bridgehead atoms. The molecule has 0 radical (unpaired) electrons. The number of benzene rings is 2. The van der Waals surface area contributed by atoms with Gasteiger partial charge in [-0.3, -0.25) is 0 Å². The lowest BCUT2D eigenvalue weighted by molar-refractivity contribution is 0.0881. The minimum atomic E-state index is -3.79. The van der Waals surface area contributed by atoms with Gasteiger partial charge in [0.25, 0.3) is 0 Å². The van der Waals surface area contributed by atoms with Crippen molar-refractivity contribution in [2.45, 2.75) is 63.9 Å². The summed E-state index contributed by atoms with van der Waals surface area (Å²) < 4.78 is 36.8. The first-order valence-electron chi connectivity index (χ1n) is 14.2. The summed E-state index contributed by atoms with van der Waals surface area (Å²) in [5, 5.41) is 10.4. The highest BCUT2D eigenvalue weighted by molar-refractivity contribution is 7.91. The number of imidazole rings is 1. The summed E-state index contributed by atoms with van der Waals surface area (Å²) in [6, 6.07) is 14.6. The van der Waals surface area contributed by atoms with Gasteiger partial charge < -0.3 is 9.30 Å². The van der Waals surface area contributed by atoms with E-state index < -0.39 is 22.8 Å².